The Morgan fingerprint density at radius 1 is 1.46 bits per heavy atom. The summed E-state index contributed by atoms with van der Waals surface area (Å²) in [4.78, 5) is 23.3. The Morgan fingerprint density at radius 2 is 2.31 bits per heavy atom. The van der Waals surface area contributed by atoms with Crippen molar-refractivity contribution >= 4 is 22.7 Å². The van der Waals surface area contributed by atoms with E-state index in [4.69, 9.17) is 9.72 Å². The average Bonchev–Trinajstić information content (AvgIpc) is 3.16. The van der Waals surface area contributed by atoms with E-state index in [2.05, 4.69) is 20.1 Å². The van der Waals surface area contributed by atoms with Crippen LogP contribution in [0.25, 0.3) is 22.3 Å². The van der Waals surface area contributed by atoms with Gasteiger partial charge < -0.3 is 14.7 Å². The molecule has 3 aromatic rings. The van der Waals surface area contributed by atoms with Gasteiger partial charge in [-0.05, 0) is 31.5 Å². The van der Waals surface area contributed by atoms with Crippen LogP contribution >= 0.6 is 0 Å². The first-order valence-corrected chi connectivity index (χ1v) is 8.44. The molecule has 1 aliphatic heterocycles. The number of H-pyrrole nitrogens is 1. The van der Waals surface area contributed by atoms with Crippen molar-refractivity contribution in [1.29, 1.82) is 0 Å². The third kappa shape index (κ3) is 2.68. The van der Waals surface area contributed by atoms with E-state index in [9.17, 15) is 9.90 Å². The Hall–Kier alpha value is -3.00. The molecule has 0 bridgehead atoms. The second kappa shape index (κ2) is 6.38. The van der Waals surface area contributed by atoms with Crippen LogP contribution in [-0.2, 0) is 4.74 Å². The fraction of sp³-hybridized carbons (Fsp3) is 0.333. The number of carbonyl (C=O) groups is 1. The maximum Gasteiger partial charge on any atom is 0.336 e. The number of carboxylic acid groups (broad SMARTS) is 1. The first kappa shape index (κ1) is 16.5. The van der Waals surface area contributed by atoms with Crippen molar-refractivity contribution in [3.63, 3.8) is 0 Å². The van der Waals surface area contributed by atoms with Gasteiger partial charge in [-0.3, -0.25) is 10.1 Å². The maximum atomic E-state index is 12.0. The number of nitrogens with zero attached hydrogens (tertiary/aromatic N) is 4. The van der Waals surface area contributed by atoms with E-state index in [0.29, 0.717) is 47.9 Å². The van der Waals surface area contributed by atoms with Crippen molar-refractivity contribution in [2.45, 2.75) is 19.9 Å². The Kier molecular flexibility index (Phi) is 4.04. The molecular weight excluding hydrogens is 334 g/mol. The molecule has 0 aliphatic carbocycles. The van der Waals surface area contributed by atoms with E-state index in [0.717, 1.165) is 5.56 Å². The normalized spacial score (nSPS) is 17.6. The first-order chi connectivity index (χ1) is 12.6. The summed E-state index contributed by atoms with van der Waals surface area (Å²) in [6, 6.07) is 3.56. The summed E-state index contributed by atoms with van der Waals surface area (Å²) >= 11 is 0. The largest absolute Gasteiger partial charge is 0.478 e. The molecule has 0 radical (unpaired) electrons. The van der Waals surface area contributed by atoms with Crippen LogP contribution in [0.15, 0.2) is 24.5 Å². The number of aromatic amines is 1. The minimum atomic E-state index is -0.982. The molecule has 0 unspecified atom stereocenters. The summed E-state index contributed by atoms with van der Waals surface area (Å²) in [5.41, 5.74) is 2.85. The highest BCUT2D eigenvalue weighted by Gasteiger charge is 2.24. The first-order valence-electron chi connectivity index (χ1n) is 8.44. The zero-order valence-corrected chi connectivity index (χ0v) is 14.6. The molecular formula is C18H19N5O3. The van der Waals surface area contributed by atoms with E-state index >= 15 is 0 Å². The predicted molar refractivity (Wildman–Crippen MR) is 96.4 cm³/mol. The molecule has 1 saturated heterocycles. The zero-order valence-electron chi connectivity index (χ0n) is 14.6. The zero-order chi connectivity index (χ0) is 18.3. The summed E-state index contributed by atoms with van der Waals surface area (Å²) in [7, 11) is 0. The monoisotopic (exact) mass is 353 g/mol. The Morgan fingerprint density at radius 3 is 3.00 bits per heavy atom. The van der Waals surface area contributed by atoms with Gasteiger partial charge in [0, 0.05) is 24.3 Å². The van der Waals surface area contributed by atoms with Gasteiger partial charge in [0.2, 0.25) is 0 Å². The number of aromatic nitrogens is 4. The molecule has 4 rings (SSSR count). The van der Waals surface area contributed by atoms with E-state index in [-0.39, 0.29) is 11.6 Å². The highest BCUT2D eigenvalue weighted by Crippen LogP contribution is 2.32. The second-order valence-corrected chi connectivity index (χ2v) is 6.43. The number of rotatable bonds is 3. The van der Waals surface area contributed by atoms with Crippen molar-refractivity contribution in [1.82, 2.24) is 20.2 Å². The van der Waals surface area contributed by atoms with Crippen LogP contribution in [0, 0.1) is 6.92 Å². The molecule has 4 heterocycles. The number of morpholine rings is 1. The SMILES string of the molecule is Cc1cnc(-c2ccn[nH]2)c2nc(N3CCOC[C@H]3C)cc(C(=O)O)c12. The molecule has 1 fully saturated rings. The fourth-order valence-electron chi connectivity index (χ4n) is 3.36. The summed E-state index contributed by atoms with van der Waals surface area (Å²) < 4.78 is 5.49. The van der Waals surface area contributed by atoms with Gasteiger partial charge in [-0.25, -0.2) is 9.78 Å². The number of nitrogens with one attached hydrogen (secondary N) is 1. The maximum absolute atomic E-state index is 12.0. The van der Waals surface area contributed by atoms with Gasteiger partial charge in [0.1, 0.15) is 17.0 Å². The lowest BCUT2D eigenvalue weighted by Gasteiger charge is -2.34. The van der Waals surface area contributed by atoms with Crippen molar-refractivity contribution in [3.8, 4) is 11.4 Å². The average molecular weight is 353 g/mol. The summed E-state index contributed by atoms with van der Waals surface area (Å²) in [6.45, 7) is 5.72. The van der Waals surface area contributed by atoms with Crippen LogP contribution in [0.3, 0.4) is 0 Å². The summed E-state index contributed by atoms with van der Waals surface area (Å²) in [5.74, 6) is -0.358. The highest BCUT2D eigenvalue weighted by molar-refractivity contribution is 6.07. The van der Waals surface area contributed by atoms with Crippen molar-refractivity contribution in [3.05, 3.63) is 35.7 Å². The number of hydrogen-bond donors (Lipinski definition) is 2. The molecule has 0 amide bonds. The second-order valence-electron chi connectivity index (χ2n) is 6.43. The summed E-state index contributed by atoms with van der Waals surface area (Å²) in [5, 5.41) is 17.3. The van der Waals surface area contributed by atoms with Crippen molar-refractivity contribution < 1.29 is 14.6 Å². The van der Waals surface area contributed by atoms with E-state index in [1.807, 2.05) is 13.8 Å². The molecule has 3 aromatic heterocycles. The number of anilines is 1. The molecule has 1 atom stereocenters. The molecule has 8 nitrogen and oxygen atoms in total. The van der Waals surface area contributed by atoms with E-state index < -0.39 is 5.97 Å². The van der Waals surface area contributed by atoms with E-state index in [1.165, 1.54) is 0 Å². The number of pyridine rings is 2. The highest BCUT2D eigenvalue weighted by atomic mass is 16.5. The Bertz CT molecular complexity index is 971. The number of aromatic carboxylic acids is 1. The molecule has 1 aliphatic rings. The quantitative estimate of drug-likeness (QED) is 0.744. The third-order valence-electron chi connectivity index (χ3n) is 4.66. The van der Waals surface area contributed by atoms with Crippen molar-refractivity contribution in [2.75, 3.05) is 24.7 Å². The standard InChI is InChI=1S/C18H19N5O3/c1-10-8-19-16(13-3-4-20-22-13)17-15(10)12(18(24)25)7-14(21-17)23-5-6-26-9-11(23)2/h3-4,7-8,11H,5-6,9H2,1-2H3,(H,20,22)(H,24,25)/t11-/m1/s1. The lowest BCUT2D eigenvalue weighted by atomic mass is 10.0. The number of aryl methyl sites for hydroxylation is 1. The lowest BCUT2D eigenvalue weighted by Crippen LogP contribution is -2.44. The molecule has 26 heavy (non-hydrogen) atoms. The molecule has 0 saturated carbocycles. The van der Waals surface area contributed by atoms with Gasteiger partial charge in [-0.1, -0.05) is 0 Å². The molecule has 2 N–H and O–H groups in total. The van der Waals surface area contributed by atoms with Gasteiger partial charge in [0.25, 0.3) is 0 Å². The third-order valence-corrected chi connectivity index (χ3v) is 4.66. The Balaban J connectivity index is 2.01. The smallest absolute Gasteiger partial charge is 0.336 e. The van der Waals surface area contributed by atoms with E-state index in [1.54, 1.807) is 24.5 Å². The minimum absolute atomic E-state index is 0.115. The number of carboxylic acids is 1. The number of hydrogen-bond acceptors (Lipinski definition) is 6. The van der Waals surface area contributed by atoms with Gasteiger partial charge in [0.15, 0.2) is 0 Å². The lowest BCUT2D eigenvalue weighted by molar-refractivity contribution is 0.0699. The topological polar surface area (TPSA) is 104 Å². The van der Waals surface area contributed by atoms with Gasteiger partial charge in [-0.2, -0.15) is 5.10 Å². The van der Waals surface area contributed by atoms with Crippen LogP contribution < -0.4 is 4.90 Å². The number of ether oxygens (including phenoxy) is 1. The van der Waals surface area contributed by atoms with Gasteiger partial charge >= 0.3 is 5.97 Å². The molecule has 0 spiro atoms. The summed E-state index contributed by atoms with van der Waals surface area (Å²) in [6.07, 6.45) is 3.30. The van der Waals surface area contributed by atoms with Crippen molar-refractivity contribution in [2.24, 2.45) is 0 Å². The number of fused-ring (bicyclic) bond motifs is 1. The van der Waals surface area contributed by atoms with Gasteiger partial charge in [0.05, 0.1) is 30.5 Å². The predicted octanol–water partition coefficient (Wildman–Crippen LogP) is 2.25. The Labute approximate surface area is 149 Å². The molecule has 134 valence electrons. The van der Waals surface area contributed by atoms with Crippen LogP contribution in [0.1, 0.15) is 22.8 Å². The van der Waals surface area contributed by atoms with Gasteiger partial charge in [-0.15, -0.1) is 0 Å². The minimum Gasteiger partial charge on any atom is -0.478 e. The van der Waals surface area contributed by atoms with Crippen LogP contribution in [0.2, 0.25) is 0 Å². The fourth-order valence-corrected chi connectivity index (χ4v) is 3.36. The molecule has 0 aromatic carbocycles. The van der Waals surface area contributed by atoms with Crippen LogP contribution in [0.5, 0.6) is 0 Å². The van der Waals surface area contributed by atoms with Crippen LogP contribution in [0.4, 0.5) is 5.82 Å². The van der Waals surface area contributed by atoms with Crippen LogP contribution in [-0.4, -0.2) is 57.0 Å². The molecule has 8 heteroatoms.